The van der Waals surface area contributed by atoms with Gasteiger partial charge in [0.25, 0.3) is 0 Å². The van der Waals surface area contributed by atoms with E-state index in [0.717, 1.165) is 19.0 Å². The maximum absolute atomic E-state index is 6.00. The Morgan fingerprint density at radius 1 is 1.00 bits per heavy atom. The number of halogens is 1. The van der Waals surface area contributed by atoms with E-state index in [1.165, 1.54) is 25.7 Å². The summed E-state index contributed by atoms with van der Waals surface area (Å²) in [5.74, 6) is 1.40. The van der Waals surface area contributed by atoms with Crippen molar-refractivity contribution >= 4 is 11.6 Å². The van der Waals surface area contributed by atoms with E-state index in [-0.39, 0.29) is 0 Å². The molecule has 0 radical (unpaired) electrons. The smallest absolute Gasteiger partial charge is 0.0701 e. The predicted molar refractivity (Wildman–Crippen MR) is 78.0 cm³/mol. The first kappa shape index (κ1) is 17.2. The number of methoxy groups -OCH3 is 1. The Morgan fingerprint density at radius 2 is 1.68 bits per heavy atom. The van der Waals surface area contributed by atoms with E-state index < -0.39 is 0 Å². The number of nitrogens with one attached hydrogen (secondary N) is 1. The van der Waals surface area contributed by atoms with E-state index in [4.69, 9.17) is 25.8 Å². The van der Waals surface area contributed by atoms with Crippen LogP contribution in [0, 0.1) is 5.92 Å². The third-order valence-corrected chi connectivity index (χ3v) is 3.96. The van der Waals surface area contributed by atoms with Crippen molar-refractivity contribution in [2.45, 2.75) is 31.7 Å². The summed E-state index contributed by atoms with van der Waals surface area (Å²) in [5, 5.41) is 3.56. The second-order valence-electron chi connectivity index (χ2n) is 4.98. The topological polar surface area (TPSA) is 39.7 Å². The molecule has 1 rings (SSSR count). The molecular weight excluding hydrogens is 266 g/mol. The van der Waals surface area contributed by atoms with Crippen molar-refractivity contribution in [1.82, 2.24) is 5.32 Å². The lowest BCUT2D eigenvalue weighted by molar-refractivity contribution is 0.0247. The second kappa shape index (κ2) is 11.9. The quantitative estimate of drug-likeness (QED) is 0.467. The van der Waals surface area contributed by atoms with Crippen molar-refractivity contribution in [3.8, 4) is 0 Å². The molecule has 114 valence electrons. The molecule has 2 unspecified atom stereocenters. The van der Waals surface area contributed by atoms with Gasteiger partial charge in [-0.1, -0.05) is 12.8 Å². The molecule has 0 spiro atoms. The van der Waals surface area contributed by atoms with Crippen LogP contribution in [0.5, 0.6) is 0 Å². The lowest BCUT2D eigenvalue weighted by Crippen LogP contribution is -2.41. The van der Waals surface area contributed by atoms with Crippen LogP contribution in [-0.4, -0.2) is 58.6 Å². The highest BCUT2D eigenvalue weighted by Gasteiger charge is 2.23. The minimum atomic E-state index is 0.577. The van der Waals surface area contributed by atoms with Crippen LogP contribution in [0.25, 0.3) is 0 Å². The van der Waals surface area contributed by atoms with E-state index >= 15 is 0 Å². The van der Waals surface area contributed by atoms with Crippen LogP contribution in [0.3, 0.4) is 0 Å². The van der Waals surface area contributed by atoms with Crippen LogP contribution in [-0.2, 0) is 14.2 Å². The molecule has 5 heteroatoms. The molecule has 0 aromatic rings. The van der Waals surface area contributed by atoms with Crippen molar-refractivity contribution in [3.05, 3.63) is 0 Å². The highest BCUT2D eigenvalue weighted by atomic mass is 35.5. The largest absolute Gasteiger partial charge is 0.382 e. The molecule has 0 saturated heterocycles. The van der Waals surface area contributed by atoms with Crippen LogP contribution in [0.15, 0.2) is 0 Å². The lowest BCUT2D eigenvalue weighted by atomic mass is 9.86. The molecule has 1 saturated carbocycles. The van der Waals surface area contributed by atoms with Crippen molar-refractivity contribution in [2.24, 2.45) is 5.92 Å². The molecule has 4 nitrogen and oxygen atoms in total. The van der Waals surface area contributed by atoms with E-state index in [2.05, 4.69) is 5.32 Å². The summed E-state index contributed by atoms with van der Waals surface area (Å²) in [6, 6.07) is 0.577. The van der Waals surface area contributed by atoms with Crippen LogP contribution in [0.1, 0.15) is 25.7 Å². The number of ether oxygens (including phenoxy) is 3. The van der Waals surface area contributed by atoms with Gasteiger partial charge in [-0.3, -0.25) is 0 Å². The zero-order valence-corrected chi connectivity index (χ0v) is 12.8. The first-order chi connectivity index (χ1) is 9.38. The molecule has 0 bridgehead atoms. The standard InChI is InChI=1S/C14H28ClNO3/c1-17-8-9-19-11-10-18-7-6-16-14-5-3-2-4-13(14)12-15/h13-14,16H,2-12H2,1H3. The van der Waals surface area contributed by atoms with Crippen molar-refractivity contribution in [3.63, 3.8) is 0 Å². The Balaban J connectivity index is 1.89. The molecule has 0 aliphatic heterocycles. The molecule has 1 fully saturated rings. The molecule has 1 aliphatic carbocycles. The van der Waals surface area contributed by atoms with Gasteiger partial charge < -0.3 is 19.5 Å². The van der Waals surface area contributed by atoms with E-state index in [1.54, 1.807) is 7.11 Å². The monoisotopic (exact) mass is 293 g/mol. The fraction of sp³-hybridized carbons (Fsp3) is 1.00. The summed E-state index contributed by atoms with van der Waals surface area (Å²) < 4.78 is 15.7. The number of rotatable bonds is 11. The third kappa shape index (κ3) is 8.10. The highest BCUT2D eigenvalue weighted by molar-refractivity contribution is 6.18. The maximum atomic E-state index is 6.00. The minimum Gasteiger partial charge on any atom is -0.382 e. The van der Waals surface area contributed by atoms with Gasteiger partial charge in [-0.25, -0.2) is 0 Å². The molecule has 2 atom stereocenters. The first-order valence-corrected chi connectivity index (χ1v) is 7.85. The van der Waals surface area contributed by atoms with Gasteiger partial charge in [-0.15, -0.1) is 11.6 Å². The highest BCUT2D eigenvalue weighted by Crippen LogP contribution is 2.25. The van der Waals surface area contributed by atoms with Gasteiger partial charge in [-0.05, 0) is 18.8 Å². The van der Waals surface area contributed by atoms with E-state index in [9.17, 15) is 0 Å². The van der Waals surface area contributed by atoms with Crippen molar-refractivity contribution in [1.29, 1.82) is 0 Å². The SMILES string of the molecule is COCCOCCOCCNC1CCCCC1CCl. The van der Waals surface area contributed by atoms with Crippen LogP contribution in [0.2, 0.25) is 0 Å². The van der Waals surface area contributed by atoms with Gasteiger partial charge >= 0.3 is 0 Å². The second-order valence-corrected chi connectivity index (χ2v) is 5.29. The Labute approximate surface area is 122 Å². The average Bonchev–Trinajstić information content (AvgIpc) is 2.46. The van der Waals surface area contributed by atoms with Gasteiger partial charge in [-0.2, -0.15) is 0 Å². The van der Waals surface area contributed by atoms with Crippen molar-refractivity contribution in [2.75, 3.05) is 52.6 Å². The van der Waals surface area contributed by atoms with E-state index in [0.29, 0.717) is 38.4 Å². The summed E-state index contributed by atoms with van der Waals surface area (Å²) in [5.41, 5.74) is 0. The van der Waals surface area contributed by atoms with Crippen molar-refractivity contribution < 1.29 is 14.2 Å². The van der Waals surface area contributed by atoms with Gasteiger partial charge in [0.1, 0.15) is 0 Å². The average molecular weight is 294 g/mol. The first-order valence-electron chi connectivity index (χ1n) is 7.32. The van der Waals surface area contributed by atoms with Crippen LogP contribution >= 0.6 is 11.6 Å². The molecule has 1 aliphatic rings. The van der Waals surface area contributed by atoms with Gasteiger partial charge in [0.05, 0.1) is 33.0 Å². The summed E-state index contributed by atoms with van der Waals surface area (Å²) in [7, 11) is 1.67. The summed E-state index contributed by atoms with van der Waals surface area (Å²) in [6.07, 6.45) is 5.15. The predicted octanol–water partition coefficient (Wildman–Crippen LogP) is 2.05. The molecule has 19 heavy (non-hydrogen) atoms. The number of alkyl halides is 1. The molecule has 1 N–H and O–H groups in total. The van der Waals surface area contributed by atoms with Gasteiger partial charge in [0.2, 0.25) is 0 Å². The summed E-state index contributed by atoms with van der Waals surface area (Å²) in [6.45, 7) is 4.20. The lowest BCUT2D eigenvalue weighted by Gasteiger charge is -2.31. The zero-order valence-electron chi connectivity index (χ0n) is 12.0. The van der Waals surface area contributed by atoms with Gasteiger partial charge in [0.15, 0.2) is 0 Å². The Hall–Kier alpha value is 0.130. The van der Waals surface area contributed by atoms with E-state index in [1.807, 2.05) is 0 Å². The maximum Gasteiger partial charge on any atom is 0.0701 e. The Kier molecular flexibility index (Phi) is 10.8. The Morgan fingerprint density at radius 3 is 2.42 bits per heavy atom. The molecule has 0 aromatic heterocycles. The third-order valence-electron chi connectivity index (χ3n) is 3.56. The Bertz CT molecular complexity index is 207. The minimum absolute atomic E-state index is 0.577. The number of hydrogen-bond acceptors (Lipinski definition) is 4. The normalized spacial score (nSPS) is 23.7. The molecular formula is C14H28ClNO3. The fourth-order valence-corrected chi connectivity index (χ4v) is 2.81. The fourth-order valence-electron chi connectivity index (χ4n) is 2.44. The summed E-state index contributed by atoms with van der Waals surface area (Å²) >= 11 is 6.00. The molecule has 0 amide bonds. The molecule has 0 heterocycles. The molecule has 0 aromatic carbocycles. The zero-order chi connectivity index (χ0) is 13.8. The van der Waals surface area contributed by atoms with Crippen LogP contribution < -0.4 is 5.32 Å². The summed E-state index contributed by atoms with van der Waals surface area (Å²) in [4.78, 5) is 0. The van der Waals surface area contributed by atoms with Gasteiger partial charge in [0, 0.05) is 25.6 Å². The number of hydrogen-bond donors (Lipinski definition) is 1. The van der Waals surface area contributed by atoms with Crippen LogP contribution in [0.4, 0.5) is 0 Å².